The van der Waals surface area contributed by atoms with Crippen molar-refractivity contribution in [2.75, 3.05) is 35.0 Å². The Morgan fingerprint density at radius 2 is 1.62 bits per heavy atom. The van der Waals surface area contributed by atoms with Crippen LogP contribution in [-0.2, 0) is 23.7 Å². The molecule has 6 nitrogen and oxygen atoms in total. The summed E-state index contributed by atoms with van der Waals surface area (Å²) in [6, 6.07) is 0. The lowest BCUT2D eigenvalue weighted by atomic mass is 9.99. The van der Waals surface area contributed by atoms with Crippen LogP contribution in [0.3, 0.4) is 0 Å². The zero-order chi connectivity index (χ0) is 12.1. The third kappa shape index (κ3) is 2.71. The van der Waals surface area contributed by atoms with Crippen LogP contribution >= 0.6 is 0 Å². The molecule has 0 radical (unpaired) electrons. The van der Waals surface area contributed by atoms with Crippen LogP contribution in [0.1, 0.15) is 0 Å². The van der Waals surface area contributed by atoms with Gasteiger partial charge < -0.3 is 28.8 Å². The van der Waals surface area contributed by atoms with Crippen LogP contribution in [-0.4, -0.2) is 70.9 Å². The Labute approximate surface area is 95.4 Å². The maximum Gasteiger partial charge on any atom is 0.186 e. The van der Waals surface area contributed by atoms with Gasteiger partial charge in [0.1, 0.15) is 24.4 Å². The minimum atomic E-state index is -0.804. The molecule has 96 valence electrons. The maximum atomic E-state index is 10.0. The molecular weight excluding hydrogens is 216 g/mol. The highest BCUT2D eigenvalue weighted by molar-refractivity contribution is 4.90. The molecule has 1 fully saturated rings. The van der Waals surface area contributed by atoms with E-state index in [0.29, 0.717) is 0 Å². The minimum absolute atomic E-state index is 0.275. The number of rotatable bonds is 5. The van der Waals surface area contributed by atoms with Crippen molar-refractivity contribution in [2.24, 2.45) is 0 Å². The van der Waals surface area contributed by atoms with Crippen molar-refractivity contribution in [3.63, 3.8) is 0 Å². The quantitative estimate of drug-likeness (QED) is 0.687. The molecule has 0 spiro atoms. The van der Waals surface area contributed by atoms with Gasteiger partial charge in [0.25, 0.3) is 0 Å². The van der Waals surface area contributed by atoms with E-state index in [-0.39, 0.29) is 6.61 Å². The Morgan fingerprint density at radius 3 is 2.06 bits per heavy atom. The van der Waals surface area contributed by atoms with E-state index in [2.05, 4.69) is 0 Å². The summed E-state index contributed by atoms with van der Waals surface area (Å²) >= 11 is 0. The third-order valence-corrected chi connectivity index (χ3v) is 2.73. The maximum absolute atomic E-state index is 10.0. The van der Waals surface area contributed by atoms with Gasteiger partial charge in [-0.15, -0.1) is 0 Å². The average molecular weight is 236 g/mol. The second-order valence-electron chi connectivity index (χ2n) is 3.63. The molecule has 0 amide bonds. The van der Waals surface area contributed by atoms with Gasteiger partial charge in [-0.3, -0.25) is 0 Å². The Balaban J connectivity index is 2.76. The van der Waals surface area contributed by atoms with E-state index in [1.807, 2.05) is 0 Å². The molecule has 1 heterocycles. The summed E-state index contributed by atoms with van der Waals surface area (Å²) in [5, 5.41) is 10.0. The summed E-state index contributed by atoms with van der Waals surface area (Å²) in [5.41, 5.74) is 0. The number of aliphatic hydroxyl groups excluding tert-OH is 1. The van der Waals surface area contributed by atoms with Crippen LogP contribution in [0.15, 0.2) is 0 Å². The SMILES string of the molecule is COC[C@H]1O[C@H](OC)[C@@H](OC)[C@@H](OC)[C@@H]1O. The Hall–Kier alpha value is -0.240. The lowest BCUT2D eigenvalue weighted by molar-refractivity contribution is -0.303. The van der Waals surface area contributed by atoms with E-state index in [0.717, 1.165) is 0 Å². The molecule has 0 aliphatic carbocycles. The van der Waals surface area contributed by atoms with Gasteiger partial charge in [0.15, 0.2) is 6.29 Å². The van der Waals surface area contributed by atoms with Gasteiger partial charge >= 0.3 is 0 Å². The number of methoxy groups -OCH3 is 4. The first-order valence-electron chi connectivity index (χ1n) is 5.10. The van der Waals surface area contributed by atoms with Crippen LogP contribution in [0.5, 0.6) is 0 Å². The number of hydrogen-bond acceptors (Lipinski definition) is 6. The van der Waals surface area contributed by atoms with E-state index in [9.17, 15) is 5.11 Å². The first-order valence-corrected chi connectivity index (χ1v) is 5.10. The van der Waals surface area contributed by atoms with Crippen molar-refractivity contribution >= 4 is 0 Å². The zero-order valence-corrected chi connectivity index (χ0v) is 10.1. The Kier molecular flexibility index (Phi) is 5.60. The standard InChI is InChI=1S/C10H20O6/c1-12-5-6-7(11)8(13-2)9(14-3)10(15-4)16-6/h6-11H,5H2,1-4H3/t6-,7-,8+,9+,10+/m1/s1. The molecule has 1 N–H and O–H groups in total. The minimum Gasteiger partial charge on any atom is -0.387 e. The molecular formula is C10H20O6. The highest BCUT2D eigenvalue weighted by Gasteiger charge is 2.46. The van der Waals surface area contributed by atoms with Crippen LogP contribution in [0.2, 0.25) is 0 Å². The van der Waals surface area contributed by atoms with Crippen LogP contribution < -0.4 is 0 Å². The lowest BCUT2D eigenvalue weighted by Gasteiger charge is -2.42. The van der Waals surface area contributed by atoms with E-state index in [4.69, 9.17) is 23.7 Å². The van der Waals surface area contributed by atoms with Gasteiger partial charge in [0.05, 0.1) is 6.61 Å². The van der Waals surface area contributed by atoms with E-state index in [1.54, 1.807) is 7.11 Å². The third-order valence-electron chi connectivity index (χ3n) is 2.73. The van der Waals surface area contributed by atoms with Crippen LogP contribution in [0.4, 0.5) is 0 Å². The molecule has 1 aliphatic rings. The Bertz CT molecular complexity index is 200. The van der Waals surface area contributed by atoms with Crippen LogP contribution in [0.25, 0.3) is 0 Å². The van der Waals surface area contributed by atoms with Crippen molar-refractivity contribution in [3.05, 3.63) is 0 Å². The van der Waals surface area contributed by atoms with Crippen molar-refractivity contribution in [3.8, 4) is 0 Å². The number of ether oxygens (including phenoxy) is 5. The fourth-order valence-corrected chi connectivity index (χ4v) is 1.90. The predicted octanol–water partition coefficient (Wildman–Crippen LogP) is -0.605. The van der Waals surface area contributed by atoms with E-state index < -0.39 is 30.7 Å². The second kappa shape index (κ2) is 6.48. The molecule has 0 aromatic carbocycles. The molecule has 1 saturated heterocycles. The van der Waals surface area contributed by atoms with Gasteiger partial charge in [0.2, 0.25) is 0 Å². The topological polar surface area (TPSA) is 66.4 Å². The fraction of sp³-hybridized carbons (Fsp3) is 1.00. The van der Waals surface area contributed by atoms with Gasteiger partial charge in [0, 0.05) is 28.4 Å². The average Bonchev–Trinajstić information content (AvgIpc) is 2.31. The van der Waals surface area contributed by atoms with Crippen molar-refractivity contribution in [1.29, 1.82) is 0 Å². The van der Waals surface area contributed by atoms with Gasteiger partial charge in [-0.1, -0.05) is 0 Å². The molecule has 1 rings (SSSR count). The van der Waals surface area contributed by atoms with Crippen LogP contribution in [0, 0.1) is 0 Å². The van der Waals surface area contributed by atoms with E-state index >= 15 is 0 Å². The highest BCUT2D eigenvalue weighted by atomic mass is 16.7. The molecule has 0 bridgehead atoms. The monoisotopic (exact) mass is 236 g/mol. The summed E-state index contributed by atoms with van der Waals surface area (Å²) in [6.07, 6.45) is -2.81. The summed E-state index contributed by atoms with van der Waals surface area (Å²) in [5.74, 6) is 0. The first kappa shape index (κ1) is 13.8. The molecule has 16 heavy (non-hydrogen) atoms. The molecule has 6 heteroatoms. The van der Waals surface area contributed by atoms with Crippen molar-refractivity contribution < 1.29 is 28.8 Å². The smallest absolute Gasteiger partial charge is 0.186 e. The molecule has 5 atom stereocenters. The highest BCUT2D eigenvalue weighted by Crippen LogP contribution is 2.25. The fourth-order valence-electron chi connectivity index (χ4n) is 1.90. The molecule has 0 aromatic rings. The normalized spacial score (nSPS) is 39.9. The summed E-state index contributed by atoms with van der Waals surface area (Å²) in [6.45, 7) is 0.275. The molecule has 1 aliphatic heterocycles. The lowest BCUT2D eigenvalue weighted by Crippen LogP contribution is -2.60. The number of aliphatic hydroxyl groups is 1. The summed E-state index contributed by atoms with van der Waals surface area (Å²) in [4.78, 5) is 0. The number of hydrogen-bond donors (Lipinski definition) is 1. The Morgan fingerprint density at radius 1 is 1.00 bits per heavy atom. The van der Waals surface area contributed by atoms with Crippen molar-refractivity contribution in [1.82, 2.24) is 0 Å². The van der Waals surface area contributed by atoms with Gasteiger partial charge in [-0.25, -0.2) is 0 Å². The second-order valence-corrected chi connectivity index (χ2v) is 3.63. The zero-order valence-electron chi connectivity index (χ0n) is 10.1. The van der Waals surface area contributed by atoms with E-state index in [1.165, 1.54) is 21.3 Å². The predicted molar refractivity (Wildman–Crippen MR) is 55.1 cm³/mol. The first-order chi connectivity index (χ1) is 7.69. The summed E-state index contributed by atoms with van der Waals surface area (Å²) < 4.78 is 26.1. The largest absolute Gasteiger partial charge is 0.387 e. The molecule has 0 unspecified atom stereocenters. The van der Waals surface area contributed by atoms with Gasteiger partial charge in [-0.05, 0) is 0 Å². The van der Waals surface area contributed by atoms with Crippen molar-refractivity contribution in [2.45, 2.75) is 30.7 Å². The molecule has 0 saturated carbocycles. The molecule has 0 aromatic heterocycles. The van der Waals surface area contributed by atoms with Gasteiger partial charge in [-0.2, -0.15) is 0 Å². The summed E-state index contributed by atoms with van der Waals surface area (Å²) in [7, 11) is 6.10.